The van der Waals surface area contributed by atoms with Crippen LogP contribution in [-0.2, 0) is 0 Å². The van der Waals surface area contributed by atoms with E-state index in [1.54, 1.807) is 6.07 Å². The van der Waals surface area contributed by atoms with Crippen LogP contribution in [0.3, 0.4) is 0 Å². The molecule has 2 N–H and O–H groups in total. The number of hydrogen-bond donors (Lipinski definition) is 1. The first kappa shape index (κ1) is 11.6. The van der Waals surface area contributed by atoms with Gasteiger partial charge in [-0.15, -0.1) is 0 Å². The Balaban J connectivity index is 2.45. The van der Waals surface area contributed by atoms with Crippen LogP contribution in [0.25, 0.3) is 0 Å². The van der Waals surface area contributed by atoms with Crippen molar-refractivity contribution in [2.75, 3.05) is 0 Å². The van der Waals surface area contributed by atoms with Crippen LogP contribution < -0.4 is 5.73 Å². The Morgan fingerprint density at radius 1 is 1.38 bits per heavy atom. The van der Waals surface area contributed by atoms with E-state index in [2.05, 4.69) is 15.9 Å². The minimum Gasteiger partial charge on any atom is -0.466 e. The molecule has 0 spiro atoms. The summed E-state index contributed by atoms with van der Waals surface area (Å²) in [6.07, 6.45) is 1.49. The molecular weight excluding hydrogens is 296 g/mol. The number of furan rings is 1. The van der Waals surface area contributed by atoms with E-state index in [0.29, 0.717) is 20.8 Å². The molecule has 0 fully saturated rings. The van der Waals surface area contributed by atoms with Gasteiger partial charge in [0.1, 0.15) is 11.6 Å². The highest BCUT2D eigenvalue weighted by Gasteiger charge is 2.19. The molecule has 0 radical (unpaired) electrons. The first-order valence-electron chi connectivity index (χ1n) is 4.53. The molecule has 0 aliphatic carbocycles. The lowest BCUT2D eigenvalue weighted by Crippen LogP contribution is -2.13. The van der Waals surface area contributed by atoms with Crippen molar-refractivity contribution in [2.45, 2.75) is 6.04 Å². The largest absolute Gasteiger partial charge is 0.466 e. The molecule has 1 aromatic heterocycles. The number of benzene rings is 1. The first-order chi connectivity index (χ1) is 7.59. The van der Waals surface area contributed by atoms with E-state index in [4.69, 9.17) is 21.8 Å². The number of nitrogens with two attached hydrogens (primary N) is 1. The van der Waals surface area contributed by atoms with E-state index in [-0.39, 0.29) is 0 Å². The Bertz CT molecular complexity index is 514. The maximum atomic E-state index is 13.5. The predicted molar refractivity (Wildman–Crippen MR) is 63.8 cm³/mol. The van der Waals surface area contributed by atoms with Gasteiger partial charge >= 0.3 is 0 Å². The van der Waals surface area contributed by atoms with E-state index < -0.39 is 11.9 Å². The molecule has 2 aromatic rings. The van der Waals surface area contributed by atoms with E-state index in [1.165, 1.54) is 24.5 Å². The van der Waals surface area contributed by atoms with E-state index in [1.807, 2.05) is 0 Å². The summed E-state index contributed by atoms with van der Waals surface area (Å²) in [6.45, 7) is 0. The van der Waals surface area contributed by atoms with Gasteiger partial charge in [-0.25, -0.2) is 4.39 Å². The van der Waals surface area contributed by atoms with Crippen LogP contribution in [0.4, 0.5) is 4.39 Å². The summed E-state index contributed by atoms with van der Waals surface area (Å²) >= 11 is 9.08. The van der Waals surface area contributed by atoms with Gasteiger partial charge in [-0.3, -0.25) is 0 Å². The molecule has 84 valence electrons. The van der Waals surface area contributed by atoms with Crippen LogP contribution in [0.1, 0.15) is 17.4 Å². The topological polar surface area (TPSA) is 39.2 Å². The molecule has 0 aliphatic heterocycles. The lowest BCUT2D eigenvalue weighted by molar-refractivity contribution is 0.478. The molecule has 1 heterocycles. The highest BCUT2D eigenvalue weighted by molar-refractivity contribution is 9.10. The predicted octanol–water partition coefficient (Wildman–Crippen LogP) is 3.88. The number of halogens is 3. The Morgan fingerprint density at radius 3 is 2.75 bits per heavy atom. The van der Waals surface area contributed by atoms with Crippen LogP contribution in [0, 0.1) is 5.82 Å². The van der Waals surface area contributed by atoms with Crippen molar-refractivity contribution in [3.05, 3.63) is 57.2 Å². The van der Waals surface area contributed by atoms with E-state index in [9.17, 15) is 4.39 Å². The van der Waals surface area contributed by atoms with Crippen LogP contribution in [0.15, 0.2) is 39.4 Å². The maximum Gasteiger partial charge on any atom is 0.139 e. The minimum absolute atomic E-state index is 0.308. The third-order valence-corrected chi connectivity index (χ3v) is 3.11. The van der Waals surface area contributed by atoms with Gasteiger partial charge in [0, 0.05) is 10.6 Å². The molecule has 1 atom stereocenters. The molecule has 16 heavy (non-hydrogen) atoms. The van der Waals surface area contributed by atoms with Gasteiger partial charge < -0.3 is 10.2 Å². The molecule has 2 rings (SSSR count). The van der Waals surface area contributed by atoms with E-state index >= 15 is 0 Å². The van der Waals surface area contributed by atoms with Crippen LogP contribution in [0.5, 0.6) is 0 Å². The average Bonchev–Trinajstić information content (AvgIpc) is 2.67. The fourth-order valence-corrected chi connectivity index (χ4v) is 2.05. The zero-order valence-electron chi connectivity index (χ0n) is 8.08. The molecule has 2 nitrogen and oxygen atoms in total. The van der Waals surface area contributed by atoms with Crippen molar-refractivity contribution < 1.29 is 8.81 Å². The molecule has 1 aromatic carbocycles. The molecule has 5 heteroatoms. The molecule has 0 amide bonds. The smallest absolute Gasteiger partial charge is 0.139 e. The summed E-state index contributed by atoms with van der Waals surface area (Å²) < 4.78 is 19.4. The monoisotopic (exact) mass is 303 g/mol. The lowest BCUT2D eigenvalue weighted by Gasteiger charge is -2.11. The standard InChI is InChI=1S/C11H8BrClFNO/c12-8-3-4-16-11(8)10(15)7-5-6(13)1-2-9(7)14/h1-5,10H,15H2. The van der Waals surface area contributed by atoms with Crippen LogP contribution >= 0.6 is 27.5 Å². The Kier molecular flexibility index (Phi) is 3.33. The average molecular weight is 305 g/mol. The van der Waals surface area contributed by atoms with Gasteiger partial charge in [-0.1, -0.05) is 11.6 Å². The lowest BCUT2D eigenvalue weighted by atomic mass is 10.1. The van der Waals surface area contributed by atoms with Gasteiger partial charge in [0.15, 0.2) is 0 Å². The second kappa shape index (κ2) is 4.57. The van der Waals surface area contributed by atoms with Gasteiger partial charge in [-0.05, 0) is 40.2 Å². The van der Waals surface area contributed by atoms with Crippen molar-refractivity contribution in [2.24, 2.45) is 5.73 Å². The summed E-state index contributed by atoms with van der Waals surface area (Å²) in [4.78, 5) is 0. The molecule has 0 saturated heterocycles. The van der Waals surface area contributed by atoms with Crippen molar-refractivity contribution >= 4 is 27.5 Å². The molecule has 0 saturated carbocycles. The van der Waals surface area contributed by atoms with Crippen LogP contribution in [-0.4, -0.2) is 0 Å². The Labute approximate surface area is 105 Å². The second-order valence-corrected chi connectivity index (χ2v) is 4.57. The summed E-state index contributed by atoms with van der Waals surface area (Å²) in [5.41, 5.74) is 6.22. The minimum atomic E-state index is -0.678. The van der Waals surface area contributed by atoms with Crippen molar-refractivity contribution in [3.63, 3.8) is 0 Å². The summed E-state index contributed by atoms with van der Waals surface area (Å²) in [5.74, 6) is 0.0707. The first-order valence-corrected chi connectivity index (χ1v) is 5.70. The summed E-state index contributed by atoms with van der Waals surface area (Å²) in [6, 6.07) is 5.29. The van der Waals surface area contributed by atoms with Gasteiger partial charge in [0.25, 0.3) is 0 Å². The molecule has 0 bridgehead atoms. The number of rotatable bonds is 2. The highest BCUT2D eigenvalue weighted by Crippen LogP contribution is 2.30. The Hall–Kier alpha value is -0.840. The second-order valence-electron chi connectivity index (χ2n) is 3.28. The normalized spacial score (nSPS) is 12.8. The quantitative estimate of drug-likeness (QED) is 0.914. The fraction of sp³-hybridized carbons (Fsp3) is 0.0909. The Morgan fingerprint density at radius 2 is 2.12 bits per heavy atom. The molecule has 0 aliphatic rings. The third-order valence-electron chi connectivity index (χ3n) is 2.22. The van der Waals surface area contributed by atoms with Crippen molar-refractivity contribution in [1.82, 2.24) is 0 Å². The van der Waals surface area contributed by atoms with Crippen molar-refractivity contribution in [1.29, 1.82) is 0 Å². The van der Waals surface area contributed by atoms with Gasteiger partial charge in [0.05, 0.1) is 16.8 Å². The summed E-state index contributed by atoms with van der Waals surface area (Å²) in [7, 11) is 0. The third kappa shape index (κ3) is 2.14. The number of hydrogen-bond acceptors (Lipinski definition) is 2. The summed E-state index contributed by atoms with van der Waals surface area (Å²) in [5, 5.41) is 0.439. The van der Waals surface area contributed by atoms with Gasteiger partial charge in [-0.2, -0.15) is 0 Å². The van der Waals surface area contributed by atoms with Crippen LogP contribution in [0.2, 0.25) is 5.02 Å². The fourth-order valence-electron chi connectivity index (χ4n) is 1.42. The van der Waals surface area contributed by atoms with Crippen molar-refractivity contribution in [3.8, 4) is 0 Å². The van der Waals surface area contributed by atoms with Gasteiger partial charge in [0.2, 0.25) is 0 Å². The highest BCUT2D eigenvalue weighted by atomic mass is 79.9. The molecular formula is C11H8BrClFNO. The maximum absolute atomic E-state index is 13.5. The SMILES string of the molecule is NC(c1cc(Cl)ccc1F)c1occc1Br. The zero-order chi connectivity index (χ0) is 11.7. The van der Waals surface area contributed by atoms with E-state index in [0.717, 1.165) is 0 Å². The molecule has 1 unspecified atom stereocenters. The zero-order valence-corrected chi connectivity index (χ0v) is 10.4.